The maximum absolute atomic E-state index is 13.3. The number of nitrogens with one attached hydrogen (secondary N) is 2. The SMILES string of the molecule is COc1ccc(S(=O)(=O)Nc2cccc(F)c2)cc1NC(=O)c1ccc(C)cc1. The highest BCUT2D eigenvalue weighted by Gasteiger charge is 2.18. The molecule has 0 radical (unpaired) electrons. The van der Waals surface area contributed by atoms with Gasteiger partial charge in [0, 0.05) is 5.56 Å². The molecule has 0 bridgehead atoms. The van der Waals surface area contributed by atoms with Crippen molar-refractivity contribution in [3.63, 3.8) is 0 Å². The number of rotatable bonds is 6. The fraction of sp³-hybridized carbons (Fsp3) is 0.0952. The van der Waals surface area contributed by atoms with Crippen molar-refractivity contribution in [3.05, 3.63) is 83.7 Å². The predicted octanol–water partition coefficient (Wildman–Crippen LogP) is 4.20. The minimum atomic E-state index is -4.01. The summed E-state index contributed by atoms with van der Waals surface area (Å²) in [6, 6.07) is 16.1. The third kappa shape index (κ3) is 4.91. The molecule has 6 nitrogen and oxygen atoms in total. The number of sulfonamides is 1. The Kier molecular flexibility index (Phi) is 5.84. The van der Waals surface area contributed by atoms with E-state index in [9.17, 15) is 17.6 Å². The molecule has 0 atom stereocenters. The van der Waals surface area contributed by atoms with E-state index in [1.165, 1.54) is 43.5 Å². The van der Waals surface area contributed by atoms with Crippen LogP contribution in [0.25, 0.3) is 0 Å². The molecule has 0 aliphatic heterocycles. The average molecular weight is 414 g/mol. The Bertz CT molecular complexity index is 1150. The van der Waals surface area contributed by atoms with Gasteiger partial charge >= 0.3 is 0 Å². The highest BCUT2D eigenvalue weighted by molar-refractivity contribution is 7.92. The van der Waals surface area contributed by atoms with E-state index in [1.807, 2.05) is 6.92 Å². The molecule has 150 valence electrons. The molecule has 3 rings (SSSR count). The van der Waals surface area contributed by atoms with Crippen molar-refractivity contribution in [2.24, 2.45) is 0 Å². The number of ether oxygens (including phenoxy) is 1. The summed E-state index contributed by atoms with van der Waals surface area (Å²) in [4.78, 5) is 12.4. The van der Waals surface area contributed by atoms with Crippen LogP contribution < -0.4 is 14.8 Å². The van der Waals surface area contributed by atoms with Crippen molar-refractivity contribution in [2.45, 2.75) is 11.8 Å². The maximum Gasteiger partial charge on any atom is 0.261 e. The summed E-state index contributed by atoms with van der Waals surface area (Å²) in [6.45, 7) is 1.91. The molecule has 3 aromatic rings. The molecule has 0 saturated carbocycles. The number of halogens is 1. The second kappa shape index (κ2) is 8.32. The van der Waals surface area contributed by atoms with Crippen LogP contribution in [0.1, 0.15) is 15.9 Å². The molecule has 0 saturated heterocycles. The molecule has 29 heavy (non-hydrogen) atoms. The molecule has 1 amide bonds. The average Bonchev–Trinajstić information content (AvgIpc) is 2.68. The summed E-state index contributed by atoms with van der Waals surface area (Å²) in [5.74, 6) is -0.669. The Morgan fingerprint density at radius 3 is 2.38 bits per heavy atom. The second-order valence-corrected chi connectivity index (χ2v) is 7.98. The number of anilines is 2. The fourth-order valence-electron chi connectivity index (χ4n) is 2.62. The van der Waals surface area contributed by atoms with Gasteiger partial charge in [-0.1, -0.05) is 23.8 Å². The van der Waals surface area contributed by atoms with Crippen molar-refractivity contribution < 1.29 is 22.3 Å². The number of carbonyl (C=O) groups excluding carboxylic acids is 1. The van der Waals surface area contributed by atoms with E-state index in [4.69, 9.17) is 4.74 Å². The van der Waals surface area contributed by atoms with Gasteiger partial charge < -0.3 is 10.1 Å². The third-order valence-electron chi connectivity index (χ3n) is 4.12. The quantitative estimate of drug-likeness (QED) is 0.633. The first kappa shape index (κ1) is 20.3. The Balaban J connectivity index is 1.89. The van der Waals surface area contributed by atoms with Crippen LogP contribution in [0.4, 0.5) is 15.8 Å². The second-order valence-electron chi connectivity index (χ2n) is 6.30. The van der Waals surface area contributed by atoms with E-state index in [0.29, 0.717) is 11.3 Å². The lowest BCUT2D eigenvalue weighted by molar-refractivity contribution is 0.102. The van der Waals surface area contributed by atoms with Crippen LogP contribution in [0.3, 0.4) is 0 Å². The number of benzene rings is 3. The summed E-state index contributed by atoms with van der Waals surface area (Å²) in [6.07, 6.45) is 0. The normalized spacial score (nSPS) is 11.0. The van der Waals surface area contributed by atoms with Gasteiger partial charge in [0.2, 0.25) is 0 Å². The lowest BCUT2D eigenvalue weighted by atomic mass is 10.1. The van der Waals surface area contributed by atoms with Gasteiger partial charge in [-0.2, -0.15) is 0 Å². The van der Waals surface area contributed by atoms with Gasteiger partial charge in [0.25, 0.3) is 15.9 Å². The highest BCUT2D eigenvalue weighted by Crippen LogP contribution is 2.29. The number of aryl methyl sites for hydroxylation is 1. The molecule has 0 aliphatic rings. The third-order valence-corrected chi connectivity index (χ3v) is 5.50. The predicted molar refractivity (Wildman–Crippen MR) is 109 cm³/mol. The first-order valence-electron chi connectivity index (χ1n) is 8.63. The number of hydrogen-bond acceptors (Lipinski definition) is 4. The zero-order chi connectivity index (χ0) is 21.0. The van der Waals surface area contributed by atoms with Crippen molar-refractivity contribution in [1.82, 2.24) is 0 Å². The van der Waals surface area contributed by atoms with E-state index in [1.54, 1.807) is 24.3 Å². The molecule has 0 aliphatic carbocycles. The number of amides is 1. The molecule has 0 aromatic heterocycles. The Morgan fingerprint density at radius 2 is 1.72 bits per heavy atom. The number of carbonyl (C=O) groups is 1. The molecule has 2 N–H and O–H groups in total. The first-order valence-corrected chi connectivity index (χ1v) is 10.1. The van der Waals surface area contributed by atoms with E-state index in [2.05, 4.69) is 10.0 Å². The molecule has 0 heterocycles. The van der Waals surface area contributed by atoms with Crippen molar-refractivity contribution in [1.29, 1.82) is 0 Å². The summed E-state index contributed by atoms with van der Waals surface area (Å²) in [5, 5.41) is 2.67. The van der Waals surface area contributed by atoms with Crippen LogP contribution in [0.2, 0.25) is 0 Å². The topological polar surface area (TPSA) is 84.5 Å². The van der Waals surface area contributed by atoms with Gasteiger partial charge in [0.05, 0.1) is 23.4 Å². The minimum absolute atomic E-state index is 0.0889. The molecule has 8 heteroatoms. The van der Waals surface area contributed by atoms with Crippen LogP contribution in [0.15, 0.2) is 71.6 Å². The van der Waals surface area contributed by atoms with E-state index in [-0.39, 0.29) is 16.3 Å². The van der Waals surface area contributed by atoms with E-state index in [0.717, 1.165) is 11.6 Å². The Morgan fingerprint density at radius 1 is 1.00 bits per heavy atom. The largest absolute Gasteiger partial charge is 0.495 e. The zero-order valence-electron chi connectivity index (χ0n) is 15.8. The Hall–Kier alpha value is -3.39. The molecular weight excluding hydrogens is 395 g/mol. The number of hydrogen-bond donors (Lipinski definition) is 2. The fourth-order valence-corrected chi connectivity index (χ4v) is 3.69. The lowest BCUT2D eigenvalue weighted by Crippen LogP contribution is -2.16. The Labute approximate surface area is 168 Å². The van der Waals surface area contributed by atoms with Gasteiger partial charge in [-0.25, -0.2) is 12.8 Å². The van der Waals surface area contributed by atoms with E-state index >= 15 is 0 Å². The maximum atomic E-state index is 13.3. The summed E-state index contributed by atoms with van der Waals surface area (Å²) < 4.78 is 46.2. The van der Waals surface area contributed by atoms with Crippen LogP contribution in [-0.2, 0) is 10.0 Å². The zero-order valence-corrected chi connectivity index (χ0v) is 16.6. The highest BCUT2D eigenvalue weighted by atomic mass is 32.2. The summed E-state index contributed by atoms with van der Waals surface area (Å²) >= 11 is 0. The van der Waals surface area contributed by atoms with Gasteiger partial charge in [0.15, 0.2) is 0 Å². The van der Waals surface area contributed by atoms with Crippen molar-refractivity contribution in [2.75, 3.05) is 17.1 Å². The first-order chi connectivity index (χ1) is 13.8. The molecule has 0 fully saturated rings. The van der Waals surface area contributed by atoms with Crippen LogP contribution >= 0.6 is 0 Å². The van der Waals surface area contributed by atoms with Crippen LogP contribution in [0.5, 0.6) is 5.75 Å². The van der Waals surface area contributed by atoms with Gasteiger partial charge in [-0.15, -0.1) is 0 Å². The molecule has 0 unspecified atom stereocenters. The summed E-state index contributed by atoms with van der Waals surface area (Å²) in [5.41, 5.74) is 1.71. The molecular formula is C21H19FN2O4S. The lowest BCUT2D eigenvalue weighted by Gasteiger charge is -2.13. The van der Waals surface area contributed by atoms with Gasteiger partial charge in [0.1, 0.15) is 11.6 Å². The minimum Gasteiger partial charge on any atom is -0.495 e. The smallest absolute Gasteiger partial charge is 0.261 e. The van der Waals surface area contributed by atoms with Gasteiger partial charge in [-0.3, -0.25) is 9.52 Å². The standard InChI is InChI=1S/C21H19FN2O4S/c1-14-6-8-15(9-7-14)21(25)23-19-13-18(10-11-20(19)28-2)29(26,27)24-17-5-3-4-16(22)12-17/h3-13,24H,1-2H3,(H,23,25). The van der Waals surface area contributed by atoms with E-state index < -0.39 is 21.7 Å². The number of methoxy groups -OCH3 is 1. The summed E-state index contributed by atoms with van der Waals surface area (Å²) in [7, 11) is -2.59. The van der Waals surface area contributed by atoms with Gasteiger partial charge in [-0.05, 0) is 55.5 Å². The van der Waals surface area contributed by atoms with Crippen LogP contribution in [-0.4, -0.2) is 21.4 Å². The molecule has 0 spiro atoms. The van der Waals surface area contributed by atoms with Crippen molar-refractivity contribution in [3.8, 4) is 5.75 Å². The monoisotopic (exact) mass is 414 g/mol. The van der Waals surface area contributed by atoms with Crippen LogP contribution in [0, 0.1) is 12.7 Å². The molecule has 3 aromatic carbocycles. The van der Waals surface area contributed by atoms with Crippen molar-refractivity contribution >= 4 is 27.3 Å².